The minimum atomic E-state index is -0.380. The number of rotatable bonds is 11. The zero-order chi connectivity index (χ0) is 35.7. The molecule has 7 N–H and O–H groups in total. The van der Waals surface area contributed by atoms with E-state index in [9.17, 15) is 14.4 Å². The summed E-state index contributed by atoms with van der Waals surface area (Å²) in [6, 6.07) is 12.1. The van der Waals surface area contributed by atoms with Gasteiger partial charge < -0.3 is 37.2 Å². The number of pyridine rings is 1. The molecule has 2 unspecified atom stereocenters. The van der Waals surface area contributed by atoms with Gasteiger partial charge in [-0.1, -0.05) is 18.2 Å². The van der Waals surface area contributed by atoms with Crippen molar-refractivity contribution >= 4 is 29.1 Å². The molecule has 9 rings (SSSR count). The second-order valence-corrected chi connectivity index (χ2v) is 15.4. The van der Waals surface area contributed by atoms with E-state index in [4.69, 9.17) is 21.5 Å². The maximum absolute atomic E-state index is 13.1. The van der Waals surface area contributed by atoms with Gasteiger partial charge in [0.1, 0.15) is 17.2 Å². The lowest BCUT2D eigenvalue weighted by molar-refractivity contribution is -0.121. The molecule has 0 radical (unpaired) electrons. The number of nitrogens with two attached hydrogens (primary N) is 2. The Morgan fingerprint density at radius 2 is 1.73 bits per heavy atom. The first-order valence-electron chi connectivity index (χ1n) is 18.4. The van der Waals surface area contributed by atoms with Crippen LogP contribution in [0.3, 0.4) is 0 Å². The summed E-state index contributed by atoms with van der Waals surface area (Å²) in [4.78, 5) is 49.7. The lowest BCUT2D eigenvalue weighted by atomic mass is 9.97. The highest BCUT2D eigenvalue weighted by Crippen LogP contribution is 2.46. The van der Waals surface area contributed by atoms with Crippen molar-refractivity contribution in [2.24, 2.45) is 29.2 Å². The molecule has 0 bridgehead atoms. The molecular formula is C38H45N11O3. The minimum absolute atomic E-state index is 0.00828. The molecule has 14 nitrogen and oxygen atoms in total. The monoisotopic (exact) mass is 703 g/mol. The smallest absolute Gasteiger partial charge is 0.272 e. The third-order valence-electron chi connectivity index (χ3n) is 11.2. The molecule has 3 saturated carbocycles. The molecule has 5 fully saturated rings. The van der Waals surface area contributed by atoms with Crippen molar-refractivity contribution in [1.82, 2.24) is 35.2 Å². The van der Waals surface area contributed by atoms with Crippen LogP contribution in [0.1, 0.15) is 60.0 Å². The fourth-order valence-corrected chi connectivity index (χ4v) is 7.85. The Labute approximate surface area is 302 Å². The van der Waals surface area contributed by atoms with Gasteiger partial charge in [0.25, 0.3) is 11.8 Å². The van der Waals surface area contributed by atoms with Gasteiger partial charge in [0, 0.05) is 68.9 Å². The number of allylic oxidation sites excluding steroid dienone is 1. The number of carbonyl (C=O) groups is 3. The Hall–Kier alpha value is -5.37. The number of nitrogens with zero attached hydrogens (tertiary/aromatic N) is 6. The number of hydrogen-bond acceptors (Lipinski definition) is 10. The van der Waals surface area contributed by atoms with Crippen LogP contribution < -0.4 is 32.3 Å². The SMILES string of the molecule is CN1Cc2c(cnn2C2CN(Cc3cccc(C(=O)N4CC5CC5C4)n3)C2)-c2cccc(NC(/C=C(\N)NC(=O)C3CC3)=C(/N)C(=O)NC3CC3)c21. The number of amides is 3. The Balaban J connectivity index is 0.907. The third-order valence-corrected chi connectivity index (χ3v) is 11.2. The van der Waals surface area contributed by atoms with Crippen LogP contribution in [0.5, 0.6) is 0 Å². The normalized spacial score (nSPS) is 22.8. The molecule has 3 aromatic rings. The first-order valence-corrected chi connectivity index (χ1v) is 18.4. The number of para-hydroxylation sites is 1. The molecule has 270 valence electrons. The van der Waals surface area contributed by atoms with E-state index >= 15 is 0 Å². The van der Waals surface area contributed by atoms with E-state index in [1.165, 1.54) is 12.5 Å². The molecule has 14 heteroatoms. The summed E-state index contributed by atoms with van der Waals surface area (Å²) < 4.78 is 2.15. The second kappa shape index (κ2) is 12.7. The van der Waals surface area contributed by atoms with Gasteiger partial charge in [-0.15, -0.1) is 0 Å². The Bertz CT molecular complexity index is 2010. The van der Waals surface area contributed by atoms with Crippen LogP contribution in [-0.4, -0.2) is 81.6 Å². The van der Waals surface area contributed by atoms with Crippen LogP contribution in [0, 0.1) is 17.8 Å². The quantitative estimate of drug-likeness (QED) is 0.147. The van der Waals surface area contributed by atoms with Crippen LogP contribution in [0.4, 0.5) is 11.4 Å². The summed E-state index contributed by atoms with van der Waals surface area (Å²) in [5, 5.41) is 13.9. The van der Waals surface area contributed by atoms with E-state index in [0.717, 1.165) is 85.8 Å². The first kappa shape index (κ1) is 32.5. The molecule has 2 aromatic heterocycles. The average Bonchev–Trinajstić information content (AvgIpc) is 4.07. The third kappa shape index (κ3) is 6.35. The lowest BCUT2D eigenvalue weighted by Gasteiger charge is -2.40. The van der Waals surface area contributed by atoms with Crippen LogP contribution in [0.15, 0.2) is 65.9 Å². The molecule has 3 amide bonds. The number of piperidine rings is 1. The lowest BCUT2D eigenvalue weighted by Crippen LogP contribution is -2.48. The average molecular weight is 704 g/mol. The zero-order valence-corrected chi connectivity index (χ0v) is 29.3. The Morgan fingerprint density at radius 1 is 0.962 bits per heavy atom. The minimum Gasteiger partial charge on any atom is -0.393 e. The summed E-state index contributed by atoms with van der Waals surface area (Å²) in [7, 11) is 2.04. The van der Waals surface area contributed by atoms with Crippen LogP contribution in [0.25, 0.3) is 11.1 Å². The number of fused-ring (bicyclic) bond motifs is 4. The highest BCUT2D eigenvalue weighted by molar-refractivity contribution is 5.96. The summed E-state index contributed by atoms with van der Waals surface area (Å²) in [5.74, 6) is 1.04. The maximum atomic E-state index is 13.1. The topological polar surface area (TPSA) is 180 Å². The van der Waals surface area contributed by atoms with Crippen molar-refractivity contribution in [3.8, 4) is 11.1 Å². The van der Waals surface area contributed by atoms with Gasteiger partial charge >= 0.3 is 0 Å². The standard InChI is InChI=1S/C38H45N11O3/c1-46-20-32-28(14-41-49(32)26-18-47(19-26)17-25-4-2-7-30(42-25)38(52)48-15-22-12-23(22)16-48)27-5-3-6-29(35(27)46)44-31(34(40)37(51)43-24-10-11-24)13-33(39)45-36(50)21-8-9-21/h2-7,13-14,21-24,26,44H,8-12,15-20,39-40H2,1H3,(H,43,51)(H,45,50)/b33-13+,34-31+. The van der Waals surface area contributed by atoms with Crippen LogP contribution in [0.2, 0.25) is 0 Å². The number of benzene rings is 1. The van der Waals surface area contributed by atoms with Crippen molar-refractivity contribution in [1.29, 1.82) is 0 Å². The molecule has 5 heterocycles. The van der Waals surface area contributed by atoms with Gasteiger partial charge in [-0.3, -0.25) is 24.0 Å². The van der Waals surface area contributed by atoms with E-state index in [1.807, 2.05) is 48.5 Å². The molecule has 1 aromatic carbocycles. The number of likely N-dealkylation sites (tertiary alicyclic amines) is 2. The van der Waals surface area contributed by atoms with Gasteiger partial charge in [0.2, 0.25) is 5.91 Å². The van der Waals surface area contributed by atoms with E-state index in [2.05, 4.69) is 36.5 Å². The number of hydrogen-bond donors (Lipinski definition) is 5. The zero-order valence-electron chi connectivity index (χ0n) is 29.3. The summed E-state index contributed by atoms with van der Waals surface area (Å²) in [6.45, 7) is 4.73. The number of aromatic nitrogens is 3. The molecular weight excluding hydrogens is 658 g/mol. The van der Waals surface area contributed by atoms with E-state index in [0.29, 0.717) is 36.3 Å². The Morgan fingerprint density at radius 3 is 2.48 bits per heavy atom. The molecule has 52 heavy (non-hydrogen) atoms. The molecule has 3 aliphatic carbocycles. The van der Waals surface area contributed by atoms with Crippen molar-refractivity contribution < 1.29 is 14.4 Å². The Kier molecular flexibility index (Phi) is 7.94. The van der Waals surface area contributed by atoms with Gasteiger partial charge in [0.15, 0.2) is 0 Å². The van der Waals surface area contributed by atoms with E-state index in [1.54, 1.807) is 0 Å². The highest BCUT2D eigenvalue weighted by atomic mass is 16.2. The predicted octanol–water partition coefficient (Wildman–Crippen LogP) is 2.23. The van der Waals surface area contributed by atoms with Crippen molar-refractivity contribution in [2.45, 2.75) is 57.3 Å². The largest absolute Gasteiger partial charge is 0.393 e. The van der Waals surface area contributed by atoms with E-state index in [-0.39, 0.29) is 47.2 Å². The molecule has 2 saturated heterocycles. The van der Waals surface area contributed by atoms with Gasteiger partial charge in [0.05, 0.1) is 47.2 Å². The van der Waals surface area contributed by atoms with Crippen molar-refractivity contribution in [3.05, 3.63) is 83.0 Å². The summed E-state index contributed by atoms with van der Waals surface area (Å²) >= 11 is 0. The predicted molar refractivity (Wildman–Crippen MR) is 195 cm³/mol. The molecule has 0 spiro atoms. The molecule has 2 atom stereocenters. The first-order chi connectivity index (χ1) is 25.2. The van der Waals surface area contributed by atoms with Crippen molar-refractivity contribution in [3.63, 3.8) is 0 Å². The van der Waals surface area contributed by atoms with Gasteiger partial charge in [-0.25, -0.2) is 4.98 Å². The van der Waals surface area contributed by atoms with Crippen LogP contribution >= 0.6 is 0 Å². The molecule has 6 aliphatic rings. The van der Waals surface area contributed by atoms with Crippen molar-refractivity contribution in [2.75, 3.05) is 43.4 Å². The number of carbonyl (C=O) groups excluding carboxylic acids is 3. The fraction of sp³-hybridized carbons (Fsp3) is 0.447. The van der Waals surface area contributed by atoms with Crippen LogP contribution in [-0.2, 0) is 22.7 Å². The number of anilines is 2. The highest BCUT2D eigenvalue weighted by Gasteiger charge is 2.47. The maximum Gasteiger partial charge on any atom is 0.272 e. The van der Waals surface area contributed by atoms with E-state index < -0.39 is 0 Å². The van der Waals surface area contributed by atoms with Gasteiger partial charge in [-0.05, 0) is 62.1 Å². The molecule has 3 aliphatic heterocycles. The second-order valence-electron chi connectivity index (χ2n) is 15.4. The van der Waals surface area contributed by atoms with Gasteiger partial charge in [-0.2, -0.15) is 5.10 Å². The number of nitrogens with one attached hydrogen (secondary N) is 3. The summed E-state index contributed by atoms with van der Waals surface area (Å²) in [5.41, 5.74) is 19.3. The fourth-order valence-electron chi connectivity index (χ4n) is 7.85. The summed E-state index contributed by atoms with van der Waals surface area (Å²) in [6.07, 6.45) is 8.27.